The van der Waals surface area contributed by atoms with Crippen LogP contribution in [0.4, 0.5) is 19.0 Å². The molecule has 0 saturated carbocycles. The molecule has 1 unspecified atom stereocenters. The van der Waals surface area contributed by atoms with Crippen LogP contribution in [0.5, 0.6) is 0 Å². The number of alkyl halides is 3. The van der Waals surface area contributed by atoms with Crippen molar-refractivity contribution in [3.05, 3.63) is 23.9 Å². The van der Waals surface area contributed by atoms with E-state index in [1.54, 1.807) is 4.90 Å². The van der Waals surface area contributed by atoms with Crippen molar-refractivity contribution in [1.82, 2.24) is 4.98 Å². The van der Waals surface area contributed by atoms with Crippen molar-refractivity contribution in [3.8, 4) is 0 Å². The molecule has 0 amide bonds. The van der Waals surface area contributed by atoms with Crippen LogP contribution < -0.4 is 4.90 Å². The van der Waals surface area contributed by atoms with Crippen LogP contribution in [-0.4, -0.2) is 29.8 Å². The van der Waals surface area contributed by atoms with Gasteiger partial charge in [-0.3, -0.25) is 0 Å². The van der Waals surface area contributed by atoms with Crippen LogP contribution in [0.3, 0.4) is 0 Å². The van der Waals surface area contributed by atoms with Gasteiger partial charge in [-0.25, -0.2) is 4.98 Å². The van der Waals surface area contributed by atoms with Crippen molar-refractivity contribution in [2.24, 2.45) is 5.92 Å². The molecule has 1 saturated heterocycles. The second-order valence-corrected chi connectivity index (χ2v) is 4.84. The molecule has 2 heterocycles. The summed E-state index contributed by atoms with van der Waals surface area (Å²) in [5.41, 5.74) is -0.681. The highest BCUT2D eigenvalue weighted by molar-refractivity contribution is 5.48. The van der Waals surface area contributed by atoms with Crippen molar-refractivity contribution in [2.75, 3.05) is 24.6 Å². The molecule has 19 heavy (non-hydrogen) atoms. The zero-order valence-electron chi connectivity index (χ0n) is 10.5. The first-order chi connectivity index (χ1) is 9.02. The Hall–Kier alpha value is -1.30. The fraction of sp³-hybridized carbons (Fsp3) is 0.615. The first kappa shape index (κ1) is 14.1. The number of aliphatic hydroxyl groups is 1. The van der Waals surface area contributed by atoms with Crippen LogP contribution >= 0.6 is 0 Å². The van der Waals surface area contributed by atoms with Crippen molar-refractivity contribution in [2.45, 2.75) is 25.4 Å². The molecule has 2 rings (SSSR count). The summed E-state index contributed by atoms with van der Waals surface area (Å²) in [7, 11) is 0. The predicted molar refractivity (Wildman–Crippen MR) is 65.9 cm³/mol. The molecule has 1 aliphatic rings. The second kappa shape index (κ2) is 5.77. The maximum Gasteiger partial charge on any atom is 0.419 e. The Morgan fingerprint density at radius 1 is 1.42 bits per heavy atom. The van der Waals surface area contributed by atoms with Crippen LogP contribution in [-0.2, 0) is 6.18 Å². The number of halogens is 3. The van der Waals surface area contributed by atoms with Crippen molar-refractivity contribution in [3.63, 3.8) is 0 Å². The number of pyridine rings is 1. The van der Waals surface area contributed by atoms with E-state index in [2.05, 4.69) is 4.98 Å². The fourth-order valence-electron chi connectivity index (χ4n) is 2.55. The maximum absolute atomic E-state index is 12.9. The van der Waals surface area contributed by atoms with E-state index in [1.807, 2.05) is 0 Å². The van der Waals surface area contributed by atoms with Crippen molar-refractivity contribution < 1.29 is 18.3 Å². The summed E-state index contributed by atoms with van der Waals surface area (Å²) in [6.07, 6.45) is -0.581. The molecule has 106 valence electrons. The summed E-state index contributed by atoms with van der Waals surface area (Å²) >= 11 is 0. The molecular formula is C13H17F3N2O. The zero-order chi connectivity index (χ0) is 13.9. The molecule has 1 aliphatic heterocycles. The number of aromatic nitrogens is 1. The third kappa shape index (κ3) is 3.37. The Morgan fingerprint density at radius 2 is 2.21 bits per heavy atom. The quantitative estimate of drug-likeness (QED) is 0.920. The lowest BCUT2D eigenvalue weighted by Crippen LogP contribution is -2.37. The van der Waals surface area contributed by atoms with Gasteiger partial charge in [0.1, 0.15) is 5.82 Å². The van der Waals surface area contributed by atoms with Crippen LogP contribution in [0.1, 0.15) is 24.8 Å². The normalized spacial score (nSPS) is 20.6. The zero-order valence-corrected chi connectivity index (χ0v) is 10.5. The van der Waals surface area contributed by atoms with E-state index in [1.165, 1.54) is 12.3 Å². The van der Waals surface area contributed by atoms with Gasteiger partial charge in [-0.1, -0.05) is 0 Å². The van der Waals surface area contributed by atoms with Gasteiger partial charge in [-0.2, -0.15) is 13.2 Å². The van der Waals surface area contributed by atoms with Gasteiger partial charge in [-0.05, 0) is 37.3 Å². The average molecular weight is 274 g/mol. The second-order valence-electron chi connectivity index (χ2n) is 4.84. The molecule has 0 aliphatic carbocycles. The molecule has 1 atom stereocenters. The lowest BCUT2D eigenvalue weighted by atomic mass is 9.95. The maximum atomic E-state index is 12.9. The Morgan fingerprint density at radius 3 is 2.89 bits per heavy atom. The van der Waals surface area contributed by atoms with Gasteiger partial charge in [0.15, 0.2) is 0 Å². The summed E-state index contributed by atoms with van der Waals surface area (Å²) in [6, 6.07) is 2.37. The van der Waals surface area contributed by atoms with Crippen LogP contribution in [0.15, 0.2) is 18.3 Å². The minimum Gasteiger partial charge on any atom is -0.396 e. The summed E-state index contributed by atoms with van der Waals surface area (Å²) in [6.45, 7) is 1.19. The van der Waals surface area contributed by atoms with E-state index >= 15 is 0 Å². The average Bonchev–Trinajstić information content (AvgIpc) is 2.38. The molecule has 1 N–H and O–H groups in total. The third-order valence-corrected chi connectivity index (χ3v) is 3.45. The van der Waals surface area contributed by atoms with Gasteiger partial charge in [0, 0.05) is 25.9 Å². The number of piperidine rings is 1. The molecule has 0 spiro atoms. The lowest BCUT2D eigenvalue weighted by Gasteiger charge is -2.34. The minimum atomic E-state index is -4.38. The molecule has 1 aromatic rings. The largest absolute Gasteiger partial charge is 0.419 e. The van der Waals surface area contributed by atoms with E-state index in [9.17, 15) is 13.2 Å². The summed E-state index contributed by atoms with van der Waals surface area (Å²) in [5, 5.41) is 8.95. The Bertz CT molecular complexity index is 421. The Labute approximate surface area is 110 Å². The highest BCUT2D eigenvalue weighted by Crippen LogP contribution is 2.36. The van der Waals surface area contributed by atoms with Gasteiger partial charge < -0.3 is 10.0 Å². The Balaban J connectivity index is 2.21. The molecule has 6 heteroatoms. The highest BCUT2D eigenvalue weighted by Gasteiger charge is 2.36. The number of aliphatic hydroxyl groups excluding tert-OH is 1. The monoisotopic (exact) mass is 274 g/mol. The van der Waals surface area contributed by atoms with Crippen LogP contribution in [0.25, 0.3) is 0 Å². The van der Waals surface area contributed by atoms with Gasteiger partial charge in [-0.15, -0.1) is 0 Å². The molecule has 0 radical (unpaired) electrons. The molecule has 0 bridgehead atoms. The molecular weight excluding hydrogens is 257 g/mol. The number of nitrogens with zero attached hydrogens (tertiary/aromatic N) is 2. The van der Waals surface area contributed by atoms with E-state index in [0.717, 1.165) is 18.9 Å². The molecule has 3 nitrogen and oxygen atoms in total. The predicted octanol–water partition coefficient (Wildman–Crippen LogP) is 2.70. The van der Waals surface area contributed by atoms with Gasteiger partial charge in [0.05, 0.1) is 5.56 Å². The number of anilines is 1. The smallest absolute Gasteiger partial charge is 0.396 e. The van der Waals surface area contributed by atoms with E-state index < -0.39 is 11.7 Å². The van der Waals surface area contributed by atoms with Crippen LogP contribution in [0, 0.1) is 5.92 Å². The van der Waals surface area contributed by atoms with Gasteiger partial charge in [0.25, 0.3) is 0 Å². The Kier molecular flexibility index (Phi) is 4.29. The lowest BCUT2D eigenvalue weighted by molar-refractivity contribution is -0.137. The number of rotatable bonds is 3. The van der Waals surface area contributed by atoms with Crippen molar-refractivity contribution in [1.29, 1.82) is 0 Å². The first-order valence-corrected chi connectivity index (χ1v) is 6.40. The van der Waals surface area contributed by atoms with E-state index in [0.29, 0.717) is 19.5 Å². The summed E-state index contributed by atoms with van der Waals surface area (Å²) in [5.74, 6) is 0.250. The summed E-state index contributed by atoms with van der Waals surface area (Å²) < 4.78 is 38.8. The molecule has 1 aromatic heterocycles. The standard InChI is InChI=1S/C13H17F3N2O/c14-13(15,16)11-4-1-6-17-12(11)18-7-2-3-10(9-18)5-8-19/h1,4,6,10,19H,2-3,5,7-9H2. The van der Waals surface area contributed by atoms with E-state index in [4.69, 9.17) is 5.11 Å². The topological polar surface area (TPSA) is 36.4 Å². The number of hydrogen-bond donors (Lipinski definition) is 1. The van der Waals surface area contributed by atoms with Crippen LogP contribution in [0.2, 0.25) is 0 Å². The molecule has 1 fully saturated rings. The highest BCUT2D eigenvalue weighted by atomic mass is 19.4. The third-order valence-electron chi connectivity index (χ3n) is 3.45. The first-order valence-electron chi connectivity index (χ1n) is 6.40. The van der Waals surface area contributed by atoms with Crippen molar-refractivity contribution >= 4 is 5.82 Å². The van der Waals surface area contributed by atoms with Gasteiger partial charge in [0.2, 0.25) is 0 Å². The molecule has 0 aromatic carbocycles. The number of hydrogen-bond acceptors (Lipinski definition) is 3. The minimum absolute atomic E-state index is 0.0117. The SMILES string of the molecule is OCCC1CCCN(c2ncccc2C(F)(F)F)C1. The fourth-order valence-corrected chi connectivity index (χ4v) is 2.55. The van der Waals surface area contributed by atoms with Gasteiger partial charge >= 0.3 is 6.18 Å². The van der Waals surface area contributed by atoms with E-state index in [-0.39, 0.29) is 18.3 Å². The summed E-state index contributed by atoms with van der Waals surface area (Å²) in [4.78, 5) is 5.59.